The van der Waals surface area contributed by atoms with Gasteiger partial charge in [-0.05, 0) is 31.2 Å². The molecule has 0 saturated carbocycles. The summed E-state index contributed by atoms with van der Waals surface area (Å²) in [5.41, 5.74) is 2.30. The minimum atomic E-state index is 0.0352. The Morgan fingerprint density at radius 1 is 1.00 bits per heavy atom. The first kappa shape index (κ1) is 12.2. The van der Waals surface area contributed by atoms with Crippen LogP contribution in [0.4, 0.5) is 11.4 Å². The smallest absolute Gasteiger partial charge is 0.161 e. The van der Waals surface area contributed by atoms with Crippen LogP contribution < -0.4 is 10.1 Å². The number of carbonyl (C=O) groups excluding carboxylic acids is 1. The second-order valence-electron chi connectivity index (χ2n) is 3.93. The molecule has 0 unspecified atom stereocenters. The second-order valence-corrected chi connectivity index (χ2v) is 3.93. The Balaban J connectivity index is 2.37. The van der Waals surface area contributed by atoms with Gasteiger partial charge in [0, 0.05) is 11.3 Å². The Labute approximate surface area is 106 Å². The first-order valence-corrected chi connectivity index (χ1v) is 5.72. The van der Waals surface area contributed by atoms with Gasteiger partial charge in [-0.1, -0.05) is 24.3 Å². The van der Waals surface area contributed by atoms with Crippen LogP contribution in [0.2, 0.25) is 0 Å². The van der Waals surface area contributed by atoms with Crippen LogP contribution in [-0.2, 0) is 0 Å². The van der Waals surface area contributed by atoms with Crippen LogP contribution >= 0.6 is 0 Å². The first-order valence-electron chi connectivity index (χ1n) is 5.72. The summed E-state index contributed by atoms with van der Waals surface area (Å²) in [5.74, 6) is 0.781. The zero-order valence-corrected chi connectivity index (χ0v) is 10.4. The molecule has 92 valence electrons. The van der Waals surface area contributed by atoms with E-state index in [4.69, 9.17) is 4.74 Å². The molecular weight excluding hydrogens is 226 g/mol. The first-order chi connectivity index (χ1) is 8.72. The number of nitrogens with one attached hydrogen (secondary N) is 1. The summed E-state index contributed by atoms with van der Waals surface area (Å²) in [7, 11) is 1.62. The highest BCUT2D eigenvalue weighted by Crippen LogP contribution is 2.28. The zero-order chi connectivity index (χ0) is 13.0. The van der Waals surface area contributed by atoms with Crippen molar-refractivity contribution in [2.24, 2.45) is 0 Å². The maximum atomic E-state index is 11.5. The molecule has 0 saturated heterocycles. The Kier molecular flexibility index (Phi) is 3.63. The summed E-state index contributed by atoms with van der Waals surface area (Å²) in [5, 5.41) is 3.23. The number of hydrogen-bond donors (Lipinski definition) is 1. The molecule has 0 bridgehead atoms. The van der Waals surface area contributed by atoms with Crippen molar-refractivity contribution in [1.29, 1.82) is 0 Å². The number of Topliss-reactive ketones (excluding diaryl/α,β-unsaturated/α-hetero) is 1. The van der Waals surface area contributed by atoms with Gasteiger partial charge in [-0.2, -0.15) is 0 Å². The zero-order valence-electron chi connectivity index (χ0n) is 10.4. The van der Waals surface area contributed by atoms with Gasteiger partial charge in [0.2, 0.25) is 0 Å². The number of hydrogen-bond acceptors (Lipinski definition) is 3. The Hall–Kier alpha value is -2.29. The molecule has 18 heavy (non-hydrogen) atoms. The molecule has 0 fully saturated rings. The maximum Gasteiger partial charge on any atom is 0.161 e. The quantitative estimate of drug-likeness (QED) is 0.830. The van der Waals surface area contributed by atoms with Crippen LogP contribution in [0.5, 0.6) is 5.75 Å². The number of rotatable bonds is 4. The molecular formula is C15H15NO2. The van der Waals surface area contributed by atoms with E-state index in [-0.39, 0.29) is 5.78 Å². The predicted octanol–water partition coefficient (Wildman–Crippen LogP) is 3.64. The maximum absolute atomic E-state index is 11.5. The average Bonchev–Trinajstić information content (AvgIpc) is 2.40. The van der Waals surface area contributed by atoms with Crippen LogP contribution in [0.1, 0.15) is 17.3 Å². The van der Waals surface area contributed by atoms with E-state index in [1.807, 2.05) is 42.5 Å². The summed E-state index contributed by atoms with van der Waals surface area (Å²) < 4.78 is 5.27. The third-order valence-corrected chi connectivity index (χ3v) is 2.68. The van der Waals surface area contributed by atoms with Gasteiger partial charge in [0.15, 0.2) is 5.78 Å². The normalized spacial score (nSPS) is 9.89. The van der Waals surface area contributed by atoms with E-state index in [1.54, 1.807) is 20.1 Å². The summed E-state index contributed by atoms with van der Waals surface area (Å²) in [6.45, 7) is 1.56. The minimum absolute atomic E-state index is 0.0352. The van der Waals surface area contributed by atoms with Gasteiger partial charge in [-0.3, -0.25) is 4.79 Å². The molecule has 0 aliphatic rings. The number of para-hydroxylation sites is 3. The van der Waals surface area contributed by atoms with Gasteiger partial charge in [0.1, 0.15) is 5.75 Å². The Bertz CT molecular complexity index is 564. The lowest BCUT2D eigenvalue weighted by molar-refractivity contribution is 0.101. The molecule has 2 rings (SSSR count). The third-order valence-electron chi connectivity index (χ3n) is 2.68. The van der Waals surface area contributed by atoms with Crippen molar-refractivity contribution in [2.75, 3.05) is 12.4 Å². The largest absolute Gasteiger partial charge is 0.495 e. The van der Waals surface area contributed by atoms with Crippen LogP contribution in [0.3, 0.4) is 0 Å². The monoisotopic (exact) mass is 241 g/mol. The van der Waals surface area contributed by atoms with Crippen molar-refractivity contribution in [3.63, 3.8) is 0 Å². The van der Waals surface area contributed by atoms with Crippen molar-refractivity contribution in [2.45, 2.75) is 6.92 Å². The highest BCUT2D eigenvalue weighted by Gasteiger charge is 2.08. The molecule has 0 aromatic heterocycles. The fraction of sp³-hybridized carbons (Fsp3) is 0.133. The van der Waals surface area contributed by atoms with Crippen molar-refractivity contribution in [3.05, 3.63) is 54.1 Å². The minimum Gasteiger partial charge on any atom is -0.495 e. The van der Waals surface area contributed by atoms with Gasteiger partial charge < -0.3 is 10.1 Å². The predicted molar refractivity (Wildman–Crippen MR) is 72.7 cm³/mol. The summed E-state index contributed by atoms with van der Waals surface area (Å²) in [6.07, 6.45) is 0. The van der Waals surface area contributed by atoms with Crippen molar-refractivity contribution >= 4 is 17.2 Å². The molecule has 3 heteroatoms. The molecule has 0 aliphatic carbocycles. The summed E-state index contributed by atoms with van der Waals surface area (Å²) in [6, 6.07) is 15.0. The van der Waals surface area contributed by atoms with Gasteiger partial charge in [0.25, 0.3) is 0 Å². The number of ketones is 1. The molecule has 3 nitrogen and oxygen atoms in total. The average molecular weight is 241 g/mol. The SMILES string of the molecule is COc1ccccc1Nc1ccccc1C(C)=O. The number of benzene rings is 2. The van der Waals surface area contributed by atoms with E-state index in [9.17, 15) is 4.79 Å². The van der Waals surface area contributed by atoms with E-state index in [2.05, 4.69) is 5.32 Å². The van der Waals surface area contributed by atoms with Crippen LogP contribution in [0, 0.1) is 0 Å². The topological polar surface area (TPSA) is 38.3 Å². The lowest BCUT2D eigenvalue weighted by atomic mass is 10.1. The lowest BCUT2D eigenvalue weighted by Crippen LogP contribution is -2.01. The highest BCUT2D eigenvalue weighted by molar-refractivity contribution is 6.00. The molecule has 0 radical (unpaired) electrons. The van der Waals surface area contributed by atoms with Crippen LogP contribution in [-0.4, -0.2) is 12.9 Å². The van der Waals surface area contributed by atoms with Gasteiger partial charge in [0.05, 0.1) is 12.8 Å². The lowest BCUT2D eigenvalue weighted by Gasteiger charge is -2.13. The van der Waals surface area contributed by atoms with E-state index < -0.39 is 0 Å². The summed E-state index contributed by atoms with van der Waals surface area (Å²) in [4.78, 5) is 11.5. The van der Waals surface area contributed by atoms with Crippen LogP contribution in [0.25, 0.3) is 0 Å². The van der Waals surface area contributed by atoms with E-state index >= 15 is 0 Å². The number of carbonyl (C=O) groups is 1. The van der Waals surface area contributed by atoms with E-state index in [0.29, 0.717) is 5.56 Å². The van der Waals surface area contributed by atoms with Crippen molar-refractivity contribution in [3.8, 4) is 5.75 Å². The van der Waals surface area contributed by atoms with E-state index in [1.165, 1.54) is 0 Å². The van der Waals surface area contributed by atoms with Crippen molar-refractivity contribution in [1.82, 2.24) is 0 Å². The number of methoxy groups -OCH3 is 1. The standard InChI is InChI=1S/C15H15NO2/c1-11(17)12-7-3-4-8-13(12)16-14-9-5-6-10-15(14)18-2/h3-10,16H,1-2H3. The Morgan fingerprint density at radius 3 is 2.28 bits per heavy atom. The second kappa shape index (κ2) is 5.36. The van der Waals surface area contributed by atoms with Gasteiger partial charge >= 0.3 is 0 Å². The Morgan fingerprint density at radius 2 is 1.61 bits per heavy atom. The van der Waals surface area contributed by atoms with Crippen molar-refractivity contribution < 1.29 is 9.53 Å². The van der Waals surface area contributed by atoms with E-state index in [0.717, 1.165) is 17.1 Å². The van der Waals surface area contributed by atoms with Gasteiger partial charge in [-0.15, -0.1) is 0 Å². The molecule has 0 atom stereocenters. The number of anilines is 2. The molecule has 1 N–H and O–H groups in total. The molecule has 2 aromatic carbocycles. The molecule has 0 aliphatic heterocycles. The molecule has 2 aromatic rings. The molecule has 0 heterocycles. The summed E-state index contributed by atoms with van der Waals surface area (Å²) >= 11 is 0. The molecule has 0 amide bonds. The van der Waals surface area contributed by atoms with Gasteiger partial charge in [-0.25, -0.2) is 0 Å². The van der Waals surface area contributed by atoms with Crippen LogP contribution in [0.15, 0.2) is 48.5 Å². The fourth-order valence-electron chi connectivity index (χ4n) is 1.79. The molecule has 0 spiro atoms. The fourth-order valence-corrected chi connectivity index (χ4v) is 1.79. The number of ether oxygens (including phenoxy) is 1. The highest BCUT2D eigenvalue weighted by atomic mass is 16.5. The third kappa shape index (κ3) is 2.51.